The fourth-order valence-electron chi connectivity index (χ4n) is 1.71. The van der Waals surface area contributed by atoms with Gasteiger partial charge < -0.3 is 20.1 Å². The molecule has 0 saturated heterocycles. The summed E-state index contributed by atoms with van der Waals surface area (Å²) in [7, 11) is 1.73. The van der Waals surface area contributed by atoms with Crippen LogP contribution in [0.5, 0.6) is 5.75 Å². The Balaban J connectivity index is 2.59. The van der Waals surface area contributed by atoms with E-state index in [4.69, 9.17) is 10.00 Å². The van der Waals surface area contributed by atoms with E-state index in [1.165, 1.54) is 6.20 Å². The number of amides is 1. The number of hydrogen-bond acceptors (Lipinski definition) is 5. The Morgan fingerprint density at radius 3 is 2.73 bits per heavy atom. The van der Waals surface area contributed by atoms with Crippen molar-refractivity contribution in [3.63, 3.8) is 0 Å². The van der Waals surface area contributed by atoms with Crippen LogP contribution in [0.25, 0.3) is 0 Å². The molecular weight excluding hydrogens is 282 g/mol. The number of carbonyl (C=O) groups is 1. The normalized spacial score (nSPS) is 10.9. The van der Waals surface area contributed by atoms with Crippen molar-refractivity contribution in [2.45, 2.75) is 13.3 Å². The van der Waals surface area contributed by atoms with Gasteiger partial charge >= 0.3 is 0 Å². The molecule has 0 atom stereocenters. The second-order valence-corrected chi connectivity index (χ2v) is 4.59. The molecule has 1 aromatic rings. The van der Waals surface area contributed by atoms with Gasteiger partial charge in [0.25, 0.3) is 5.91 Å². The quantitative estimate of drug-likeness (QED) is 0.434. The molecule has 0 spiro atoms. The van der Waals surface area contributed by atoms with Crippen LogP contribution in [0.15, 0.2) is 36.0 Å². The highest BCUT2D eigenvalue weighted by atomic mass is 16.5. The van der Waals surface area contributed by atoms with Gasteiger partial charge in [0, 0.05) is 38.7 Å². The molecular formula is C16H21N3O3. The van der Waals surface area contributed by atoms with E-state index >= 15 is 0 Å². The molecule has 118 valence electrons. The van der Waals surface area contributed by atoms with Gasteiger partial charge in [-0.2, -0.15) is 5.26 Å². The van der Waals surface area contributed by atoms with Crippen LogP contribution in [0.1, 0.15) is 13.3 Å². The number of anilines is 1. The zero-order valence-electron chi connectivity index (χ0n) is 12.9. The molecule has 1 amide bonds. The molecule has 0 aromatic heterocycles. The van der Waals surface area contributed by atoms with Gasteiger partial charge in [-0.05, 0) is 37.6 Å². The number of aromatic hydroxyl groups is 1. The Labute approximate surface area is 130 Å². The number of nitrogens with zero attached hydrogens (tertiary/aromatic N) is 2. The molecule has 0 saturated carbocycles. The highest BCUT2D eigenvalue weighted by Gasteiger charge is 2.10. The second kappa shape index (κ2) is 9.42. The topological polar surface area (TPSA) is 85.6 Å². The van der Waals surface area contributed by atoms with Crippen LogP contribution in [0.4, 0.5) is 5.69 Å². The van der Waals surface area contributed by atoms with E-state index in [0.29, 0.717) is 26.2 Å². The largest absolute Gasteiger partial charge is 0.508 e. The summed E-state index contributed by atoms with van der Waals surface area (Å²) in [6.45, 7) is 3.60. The summed E-state index contributed by atoms with van der Waals surface area (Å²) in [5, 5.41) is 21.0. The van der Waals surface area contributed by atoms with E-state index in [9.17, 15) is 9.90 Å². The van der Waals surface area contributed by atoms with Crippen LogP contribution in [0, 0.1) is 11.3 Å². The van der Waals surface area contributed by atoms with Gasteiger partial charge in [0.1, 0.15) is 17.4 Å². The van der Waals surface area contributed by atoms with Crippen LogP contribution in [-0.2, 0) is 9.53 Å². The first-order chi connectivity index (χ1) is 10.6. The number of nitriles is 1. The molecule has 0 heterocycles. The van der Waals surface area contributed by atoms with E-state index in [-0.39, 0.29) is 11.3 Å². The van der Waals surface area contributed by atoms with Crippen molar-refractivity contribution in [2.24, 2.45) is 0 Å². The SMILES string of the molecule is CCOCCCNC(=O)/C(C#N)=C\N(C)c1ccc(O)cc1. The number of ether oxygens (including phenoxy) is 1. The van der Waals surface area contributed by atoms with Gasteiger partial charge in [-0.1, -0.05) is 0 Å². The first-order valence-electron chi connectivity index (χ1n) is 7.08. The van der Waals surface area contributed by atoms with Crippen LogP contribution >= 0.6 is 0 Å². The summed E-state index contributed by atoms with van der Waals surface area (Å²) >= 11 is 0. The lowest BCUT2D eigenvalue weighted by Gasteiger charge is -2.15. The number of nitrogens with one attached hydrogen (secondary N) is 1. The summed E-state index contributed by atoms with van der Waals surface area (Å²) in [5.74, 6) is -0.252. The third kappa shape index (κ3) is 5.85. The van der Waals surface area contributed by atoms with E-state index in [1.807, 2.05) is 13.0 Å². The Morgan fingerprint density at radius 2 is 2.14 bits per heavy atom. The first kappa shape index (κ1) is 17.5. The number of phenols is 1. The molecule has 2 N–H and O–H groups in total. The van der Waals surface area contributed by atoms with Crippen molar-refractivity contribution in [3.05, 3.63) is 36.0 Å². The minimum atomic E-state index is -0.412. The average molecular weight is 303 g/mol. The number of hydrogen-bond donors (Lipinski definition) is 2. The van der Waals surface area contributed by atoms with E-state index in [1.54, 1.807) is 36.2 Å². The molecule has 6 heteroatoms. The smallest absolute Gasteiger partial charge is 0.263 e. The maximum absolute atomic E-state index is 11.9. The standard InChI is InChI=1S/C16H21N3O3/c1-3-22-10-4-9-18-16(21)13(11-17)12-19(2)14-5-7-15(20)8-6-14/h5-8,12,20H,3-4,9-10H2,1-2H3,(H,18,21)/b13-12-. The van der Waals surface area contributed by atoms with Gasteiger partial charge in [-0.15, -0.1) is 0 Å². The monoisotopic (exact) mass is 303 g/mol. The Hall–Kier alpha value is -2.52. The Kier molecular flexibility index (Phi) is 7.51. The summed E-state index contributed by atoms with van der Waals surface area (Å²) in [4.78, 5) is 13.6. The molecule has 1 rings (SSSR count). The summed E-state index contributed by atoms with van der Waals surface area (Å²) < 4.78 is 5.17. The highest BCUT2D eigenvalue weighted by Crippen LogP contribution is 2.17. The lowest BCUT2D eigenvalue weighted by molar-refractivity contribution is -0.117. The molecule has 0 radical (unpaired) electrons. The van der Waals surface area contributed by atoms with Crippen molar-refractivity contribution >= 4 is 11.6 Å². The van der Waals surface area contributed by atoms with E-state index in [2.05, 4.69) is 5.32 Å². The maximum atomic E-state index is 11.9. The number of rotatable bonds is 8. The van der Waals surface area contributed by atoms with Gasteiger partial charge in [0.15, 0.2) is 0 Å². The zero-order valence-corrected chi connectivity index (χ0v) is 12.9. The predicted molar refractivity (Wildman–Crippen MR) is 84.3 cm³/mol. The molecule has 0 aliphatic rings. The summed E-state index contributed by atoms with van der Waals surface area (Å²) in [6.07, 6.45) is 2.16. The molecule has 0 unspecified atom stereocenters. The summed E-state index contributed by atoms with van der Waals surface area (Å²) in [6, 6.07) is 8.37. The van der Waals surface area contributed by atoms with Gasteiger partial charge in [0.2, 0.25) is 0 Å². The lowest BCUT2D eigenvalue weighted by Crippen LogP contribution is -2.27. The minimum Gasteiger partial charge on any atom is -0.508 e. The zero-order chi connectivity index (χ0) is 16.4. The van der Waals surface area contributed by atoms with Crippen molar-refractivity contribution in [3.8, 4) is 11.8 Å². The third-order valence-corrected chi connectivity index (χ3v) is 2.90. The minimum absolute atomic E-state index is 0.0204. The molecule has 1 aromatic carbocycles. The number of benzene rings is 1. The van der Waals surface area contributed by atoms with Gasteiger partial charge in [-0.25, -0.2) is 0 Å². The lowest BCUT2D eigenvalue weighted by atomic mass is 10.2. The Bertz CT molecular complexity index is 547. The van der Waals surface area contributed by atoms with E-state index < -0.39 is 5.91 Å². The Morgan fingerprint density at radius 1 is 1.45 bits per heavy atom. The molecule has 22 heavy (non-hydrogen) atoms. The fourth-order valence-corrected chi connectivity index (χ4v) is 1.71. The molecule has 0 aliphatic carbocycles. The second-order valence-electron chi connectivity index (χ2n) is 4.59. The average Bonchev–Trinajstić information content (AvgIpc) is 2.52. The van der Waals surface area contributed by atoms with E-state index in [0.717, 1.165) is 5.69 Å². The van der Waals surface area contributed by atoms with Crippen molar-refractivity contribution in [1.82, 2.24) is 5.32 Å². The van der Waals surface area contributed by atoms with Crippen LogP contribution < -0.4 is 10.2 Å². The predicted octanol–water partition coefficient (Wildman–Crippen LogP) is 1.78. The van der Waals surface area contributed by atoms with Crippen molar-refractivity contribution in [2.75, 3.05) is 31.7 Å². The molecule has 0 aliphatic heterocycles. The third-order valence-electron chi connectivity index (χ3n) is 2.90. The van der Waals surface area contributed by atoms with Crippen LogP contribution in [0.2, 0.25) is 0 Å². The molecule has 6 nitrogen and oxygen atoms in total. The van der Waals surface area contributed by atoms with Gasteiger partial charge in [-0.3, -0.25) is 4.79 Å². The highest BCUT2D eigenvalue weighted by molar-refractivity contribution is 5.97. The van der Waals surface area contributed by atoms with Crippen LogP contribution in [0.3, 0.4) is 0 Å². The first-order valence-corrected chi connectivity index (χ1v) is 7.08. The number of phenolic OH excluding ortho intramolecular Hbond substituents is 1. The summed E-state index contributed by atoms with van der Waals surface area (Å²) in [5.41, 5.74) is 0.779. The fraction of sp³-hybridized carbons (Fsp3) is 0.375. The molecule has 0 fully saturated rings. The molecule has 0 bridgehead atoms. The number of carbonyl (C=O) groups excluding carboxylic acids is 1. The van der Waals surface area contributed by atoms with Crippen molar-refractivity contribution < 1.29 is 14.6 Å². The van der Waals surface area contributed by atoms with Crippen LogP contribution in [-0.4, -0.2) is 37.8 Å². The van der Waals surface area contributed by atoms with Crippen molar-refractivity contribution in [1.29, 1.82) is 5.26 Å². The van der Waals surface area contributed by atoms with Gasteiger partial charge in [0.05, 0.1) is 0 Å². The maximum Gasteiger partial charge on any atom is 0.263 e.